The number of carboxylic acids is 1. The molecule has 1 aliphatic heterocycles. The van der Waals surface area contributed by atoms with Gasteiger partial charge < -0.3 is 14.7 Å². The lowest BCUT2D eigenvalue weighted by atomic mass is 9.86. The third-order valence-corrected chi connectivity index (χ3v) is 4.40. The first-order valence-electron chi connectivity index (χ1n) is 6.55. The van der Waals surface area contributed by atoms with Crippen molar-refractivity contribution in [3.63, 3.8) is 0 Å². The monoisotopic (exact) mass is 395 g/mol. The van der Waals surface area contributed by atoms with Gasteiger partial charge in [0.05, 0.1) is 12.7 Å². The van der Waals surface area contributed by atoms with E-state index in [0.29, 0.717) is 4.47 Å². The van der Waals surface area contributed by atoms with Crippen LogP contribution in [-0.4, -0.2) is 48.3 Å². The normalized spacial score (nSPS) is 21.3. The number of hydrogen-bond acceptors (Lipinski definition) is 3. The minimum Gasteiger partial charge on any atom is -0.496 e. The predicted octanol–water partition coefficient (Wildman–Crippen LogP) is 2.94. The molecule has 5 nitrogen and oxygen atoms in total. The van der Waals surface area contributed by atoms with E-state index >= 15 is 0 Å². The highest BCUT2D eigenvalue weighted by Crippen LogP contribution is 2.46. The quantitative estimate of drug-likeness (QED) is 0.854. The molecule has 1 aromatic carbocycles. The van der Waals surface area contributed by atoms with Crippen LogP contribution in [0.2, 0.25) is 0 Å². The van der Waals surface area contributed by atoms with Crippen molar-refractivity contribution in [1.82, 2.24) is 4.90 Å². The molecule has 126 valence electrons. The predicted molar refractivity (Wildman–Crippen MR) is 77.3 cm³/mol. The molecule has 9 heteroatoms. The Kier molecular flexibility index (Phi) is 4.61. The maximum Gasteiger partial charge on any atom is 0.406 e. The SMILES string of the molecule is COc1cc(Br)ccc1C(=O)N1CCC(C(=O)O)(C(F)(F)F)C1. The van der Waals surface area contributed by atoms with Crippen molar-refractivity contribution in [3.05, 3.63) is 28.2 Å². The molecule has 0 radical (unpaired) electrons. The van der Waals surface area contributed by atoms with Crippen LogP contribution in [0.25, 0.3) is 0 Å². The zero-order valence-electron chi connectivity index (χ0n) is 12.0. The Balaban J connectivity index is 2.32. The first kappa shape index (κ1) is 17.6. The van der Waals surface area contributed by atoms with Gasteiger partial charge in [-0.3, -0.25) is 9.59 Å². The summed E-state index contributed by atoms with van der Waals surface area (Å²) < 4.78 is 45.2. The number of rotatable bonds is 3. The van der Waals surface area contributed by atoms with E-state index in [0.717, 1.165) is 4.90 Å². The Morgan fingerprint density at radius 1 is 1.39 bits per heavy atom. The number of aliphatic carboxylic acids is 1. The molecular formula is C14H13BrF3NO4. The molecule has 1 heterocycles. The van der Waals surface area contributed by atoms with E-state index in [1.165, 1.54) is 19.2 Å². The van der Waals surface area contributed by atoms with Gasteiger partial charge in [0.1, 0.15) is 5.75 Å². The van der Waals surface area contributed by atoms with Crippen molar-refractivity contribution < 1.29 is 32.6 Å². The van der Waals surface area contributed by atoms with Crippen molar-refractivity contribution in [1.29, 1.82) is 0 Å². The van der Waals surface area contributed by atoms with Gasteiger partial charge in [-0.2, -0.15) is 13.2 Å². The number of halogens is 4. The summed E-state index contributed by atoms with van der Waals surface area (Å²) in [6.45, 7) is -1.20. The van der Waals surface area contributed by atoms with Crippen LogP contribution in [0.5, 0.6) is 5.75 Å². The van der Waals surface area contributed by atoms with Gasteiger partial charge in [-0.15, -0.1) is 0 Å². The summed E-state index contributed by atoms with van der Waals surface area (Å²) in [6.07, 6.45) is -5.60. The van der Waals surface area contributed by atoms with Crippen molar-refractivity contribution in [2.45, 2.75) is 12.6 Å². The topological polar surface area (TPSA) is 66.8 Å². The van der Waals surface area contributed by atoms with Crippen molar-refractivity contribution >= 4 is 27.8 Å². The lowest BCUT2D eigenvalue weighted by molar-refractivity contribution is -0.227. The van der Waals surface area contributed by atoms with Crippen molar-refractivity contribution in [2.24, 2.45) is 5.41 Å². The van der Waals surface area contributed by atoms with Gasteiger partial charge in [0.25, 0.3) is 5.91 Å². The fourth-order valence-electron chi connectivity index (χ4n) is 2.52. The maximum absolute atomic E-state index is 13.2. The average Bonchev–Trinajstić information content (AvgIpc) is 2.92. The number of carbonyl (C=O) groups excluding carboxylic acids is 1. The van der Waals surface area contributed by atoms with Crippen LogP contribution >= 0.6 is 15.9 Å². The Bertz CT molecular complexity index is 649. The van der Waals surface area contributed by atoms with Gasteiger partial charge in [0.15, 0.2) is 5.41 Å². The molecule has 0 aliphatic carbocycles. The smallest absolute Gasteiger partial charge is 0.406 e. The number of carbonyl (C=O) groups is 2. The Morgan fingerprint density at radius 2 is 2.04 bits per heavy atom. The fourth-order valence-corrected chi connectivity index (χ4v) is 2.86. The standard InChI is InChI=1S/C14H13BrF3NO4/c1-23-10-6-8(15)2-3-9(10)11(20)19-5-4-13(7-19,12(21)22)14(16,17)18/h2-3,6H,4-5,7H2,1H3,(H,21,22). The summed E-state index contributed by atoms with van der Waals surface area (Å²) in [4.78, 5) is 24.5. The summed E-state index contributed by atoms with van der Waals surface area (Å²) in [5.74, 6) is -2.46. The summed E-state index contributed by atoms with van der Waals surface area (Å²) in [5, 5.41) is 9.02. The summed E-state index contributed by atoms with van der Waals surface area (Å²) in [6, 6.07) is 4.48. The van der Waals surface area contributed by atoms with E-state index in [-0.39, 0.29) is 17.9 Å². The third kappa shape index (κ3) is 3.01. The third-order valence-electron chi connectivity index (χ3n) is 3.90. The molecule has 23 heavy (non-hydrogen) atoms. The molecule has 1 fully saturated rings. The van der Waals surface area contributed by atoms with Crippen LogP contribution in [0.3, 0.4) is 0 Å². The second kappa shape index (κ2) is 6.03. The van der Waals surface area contributed by atoms with Crippen LogP contribution < -0.4 is 4.74 Å². The van der Waals surface area contributed by atoms with Crippen LogP contribution in [0.4, 0.5) is 13.2 Å². The molecule has 1 amide bonds. The number of hydrogen-bond donors (Lipinski definition) is 1. The Morgan fingerprint density at radius 3 is 2.52 bits per heavy atom. The lowest BCUT2D eigenvalue weighted by Crippen LogP contribution is -2.47. The molecule has 0 aromatic heterocycles. The minimum absolute atomic E-state index is 0.0825. The van der Waals surface area contributed by atoms with E-state index in [1.807, 2.05) is 0 Å². The number of benzene rings is 1. The van der Waals surface area contributed by atoms with Crippen LogP contribution in [0.15, 0.2) is 22.7 Å². The van der Waals surface area contributed by atoms with Crippen LogP contribution in [0.1, 0.15) is 16.8 Å². The molecule has 1 aromatic rings. The molecule has 1 saturated heterocycles. The molecule has 1 aliphatic rings. The van der Waals surface area contributed by atoms with Gasteiger partial charge in [-0.1, -0.05) is 15.9 Å². The first-order valence-corrected chi connectivity index (χ1v) is 7.34. The highest BCUT2D eigenvalue weighted by molar-refractivity contribution is 9.10. The van der Waals surface area contributed by atoms with Crippen molar-refractivity contribution in [3.8, 4) is 5.75 Å². The van der Waals surface area contributed by atoms with Gasteiger partial charge in [0, 0.05) is 17.6 Å². The highest BCUT2D eigenvalue weighted by Gasteiger charge is 2.64. The second-order valence-corrected chi connectivity index (χ2v) is 6.12. The maximum atomic E-state index is 13.2. The zero-order chi connectivity index (χ0) is 17.4. The van der Waals surface area contributed by atoms with Crippen molar-refractivity contribution in [2.75, 3.05) is 20.2 Å². The molecule has 1 unspecified atom stereocenters. The van der Waals surface area contributed by atoms with E-state index in [1.54, 1.807) is 6.07 Å². The molecule has 1 N–H and O–H groups in total. The number of nitrogens with zero attached hydrogens (tertiary/aromatic N) is 1. The second-order valence-electron chi connectivity index (χ2n) is 5.21. The van der Waals surface area contributed by atoms with Gasteiger partial charge in [0.2, 0.25) is 0 Å². The number of likely N-dealkylation sites (tertiary alicyclic amines) is 1. The molecule has 1 atom stereocenters. The van der Waals surface area contributed by atoms with Gasteiger partial charge in [-0.25, -0.2) is 0 Å². The number of alkyl halides is 3. The first-order chi connectivity index (χ1) is 10.6. The average molecular weight is 396 g/mol. The van der Waals surface area contributed by atoms with E-state index < -0.39 is 36.4 Å². The summed E-state index contributed by atoms with van der Waals surface area (Å²) in [7, 11) is 1.33. The summed E-state index contributed by atoms with van der Waals surface area (Å²) >= 11 is 3.20. The van der Waals surface area contributed by atoms with Crippen LogP contribution in [-0.2, 0) is 4.79 Å². The number of carboxylic acid groups (broad SMARTS) is 1. The van der Waals surface area contributed by atoms with E-state index in [4.69, 9.17) is 9.84 Å². The van der Waals surface area contributed by atoms with E-state index in [2.05, 4.69) is 15.9 Å². The zero-order valence-corrected chi connectivity index (χ0v) is 13.6. The van der Waals surface area contributed by atoms with Crippen LogP contribution in [0, 0.1) is 5.41 Å². The molecule has 0 saturated carbocycles. The molecule has 0 bridgehead atoms. The molecule has 0 spiro atoms. The van der Waals surface area contributed by atoms with E-state index in [9.17, 15) is 22.8 Å². The Hall–Kier alpha value is -1.77. The van der Waals surface area contributed by atoms with Gasteiger partial charge in [-0.05, 0) is 24.6 Å². The molecule has 2 rings (SSSR count). The number of ether oxygens (including phenoxy) is 1. The lowest BCUT2D eigenvalue weighted by Gasteiger charge is -2.27. The Labute approximate surface area is 138 Å². The van der Waals surface area contributed by atoms with Gasteiger partial charge >= 0.3 is 12.1 Å². The number of methoxy groups -OCH3 is 1. The largest absolute Gasteiger partial charge is 0.496 e. The fraction of sp³-hybridized carbons (Fsp3) is 0.429. The highest BCUT2D eigenvalue weighted by atomic mass is 79.9. The molecular weight excluding hydrogens is 383 g/mol. The summed E-state index contributed by atoms with van der Waals surface area (Å²) in [5.41, 5.74) is -2.84. The minimum atomic E-state index is -4.93. The number of amides is 1.